The maximum absolute atomic E-state index is 10.0. The van der Waals surface area contributed by atoms with Crippen molar-refractivity contribution in [2.24, 2.45) is 0 Å². The minimum atomic E-state index is -4.38. The second-order valence-electron chi connectivity index (χ2n) is 2.50. The van der Waals surface area contributed by atoms with Crippen LogP contribution in [0.1, 0.15) is 0 Å². The summed E-state index contributed by atoms with van der Waals surface area (Å²) in [5, 5.41) is -0.539. The Morgan fingerprint density at radius 1 is 1.06 bits per heavy atom. The fourth-order valence-corrected chi connectivity index (χ4v) is 1.17. The van der Waals surface area contributed by atoms with Crippen LogP contribution in [-0.2, 0) is 10.1 Å². The molecule has 2 aromatic rings. The average Bonchev–Trinajstić information content (AvgIpc) is 2.73. The summed E-state index contributed by atoms with van der Waals surface area (Å²) >= 11 is 0. The zero-order valence-electron chi connectivity index (χ0n) is 8.70. The zero-order valence-corrected chi connectivity index (χ0v) is 11.5. The predicted molar refractivity (Wildman–Crippen MR) is 53.0 cm³/mol. The zero-order chi connectivity index (χ0) is 11.1. The Morgan fingerprint density at radius 2 is 1.50 bits per heavy atom. The SMILES string of the molecule is O=S(=O)([O-])c1ncc[nH]1.[Na+].c1ccccc1. The van der Waals surface area contributed by atoms with Gasteiger partial charge in [-0.15, -0.1) is 0 Å². The Morgan fingerprint density at radius 3 is 1.69 bits per heavy atom. The summed E-state index contributed by atoms with van der Waals surface area (Å²) in [4.78, 5) is 5.40. The Bertz CT molecular complexity index is 444. The van der Waals surface area contributed by atoms with Gasteiger partial charge in [0.05, 0.1) is 0 Å². The Labute approximate surface area is 116 Å². The molecule has 5 nitrogen and oxygen atoms in total. The monoisotopic (exact) mass is 248 g/mol. The topological polar surface area (TPSA) is 85.9 Å². The number of hydrogen-bond donors (Lipinski definition) is 1. The second kappa shape index (κ2) is 7.59. The molecule has 0 spiro atoms. The number of imidazole rings is 1. The van der Waals surface area contributed by atoms with Gasteiger partial charge in [-0.2, -0.15) is 0 Å². The van der Waals surface area contributed by atoms with Crippen molar-refractivity contribution in [1.29, 1.82) is 0 Å². The molecule has 2 rings (SSSR count). The van der Waals surface area contributed by atoms with Crippen LogP contribution in [0.2, 0.25) is 0 Å². The van der Waals surface area contributed by atoms with E-state index in [1.807, 2.05) is 36.4 Å². The first kappa shape index (κ1) is 15.3. The smallest absolute Gasteiger partial charge is 0.742 e. The van der Waals surface area contributed by atoms with Crippen LogP contribution in [0.4, 0.5) is 0 Å². The largest absolute Gasteiger partial charge is 1.00 e. The minimum absolute atomic E-state index is 0. The maximum atomic E-state index is 10.0. The molecule has 1 aromatic carbocycles. The van der Waals surface area contributed by atoms with Crippen molar-refractivity contribution in [3.05, 3.63) is 48.8 Å². The van der Waals surface area contributed by atoms with E-state index in [1.165, 1.54) is 12.4 Å². The molecule has 0 saturated heterocycles. The van der Waals surface area contributed by atoms with E-state index in [-0.39, 0.29) is 29.6 Å². The molecule has 0 radical (unpaired) electrons. The fraction of sp³-hybridized carbons (Fsp3) is 0. The van der Waals surface area contributed by atoms with E-state index in [0.717, 1.165) is 0 Å². The fourth-order valence-electron chi connectivity index (χ4n) is 0.772. The van der Waals surface area contributed by atoms with Crippen LogP contribution in [0.3, 0.4) is 0 Å². The molecule has 0 unspecified atom stereocenters. The van der Waals surface area contributed by atoms with Crippen molar-refractivity contribution >= 4 is 10.1 Å². The summed E-state index contributed by atoms with van der Waals surface area (Å²) in [5.41, 5.74) is 0. The number of aromatic nitrogens is 2. The molecule has 0 bridgehead atoms. The van der Waals surface area contributed by atoms with E-state index in [4.69, 9.17) is 0 Å². The molecular formula is C9H9N2NaO3S. The van der Waals surface area contributed by atoms with Gasteiger partial charge in [0.25, 0.3) is 0 Å². The third kappa shape index (κ3) is 6.04. The van der Waals surface area contributed by atoms with E-state index in [2.05, 4.69) is 9.97 Å². The van der Waals surface area contributed by atoms with Crippen molar-refractivity contribution in [3.63, 3.8) is 0 Å². The van der Waals surface area contributed by atoms with Gasteiger partial charge in [0.2, 0.25) is 5.16 Å². The van der Waals surface area contributed by atoms with E-state index < -0.39 is 15.3 Å². The number of H-pyrrole nitrogens is 1. The van der Waals surface area contributed by atoms with Crippen LogP contribution < -0.4 is 29.6 Å². The van der Waals surface area contributed by atoms with Gasteiger partial charge in [-0.3, -0.25) is 0 Å². The van der Waals surface area contributed by atoms with Crippen LogP contribution in [0, 0.1) is 0 Å². The van der Waals surface area contributed by atoms with E-state index in [1.54, 1.807) is 0 Å². The van der Waals surface area contributed by atoms with E-state index in [0.29, 0.717) is 0 Å². The molecule has 0 aliphatic rings. The van der Waals surface area contributed by atoms with Gasteiger partial charge in [-0.1, -0.05) is 36.4 Å². The summed E-state index contributed by atoms with van der Waals surface area (Å²) in [7, 11) is -4.38. The predicted octanol–water partition coefficient (Wildman–Crippen LogP) is -2.00. The summed E-state index contributed by atoms with van der Waals surface area (Å²) in [5.74, 6) is 0. The van der Waals surface area contributed by atoms with Crippen LogP contribution in [0.5, 0.6) is 0 Å². The molecule has 16 heavy (non-hydrogen) atoms. The standard InChI is InChI=1S/C6H6.C3H4N2O3S.Na/c1-2-4-6-5-3-1;6-9(7,8)3-4-1-2-5-3;/h1-6H;1-2H,(H,4,5)(H,6,7,8);/q;;+1/p-1. The third-order valence-electron chi connectivity index (χ3n) is 1.38. The third-order valence-corrected chi connectivity index (χ3v) is 2.07. The van der Waals surface area contributed by atoms with E-state index in [9.17, 15) is 13.0 Å². The molecule has 1 heterocycles. The summed E-state index contributed by atoms with van der Waals surface area (Å²) in [6.45, 7) is 0. The second-order valence-corrected chi connectivity index (χ2v) is 3.80. The number of aromatic amines is 1. The normalized spacial score (nSPS) is 9.56. The van der Waals surface area contributed by atoms with E-state index >= 15 is 0 Å². The van der Waals surface area contributed by atoms with Crippen LogP contribution in [0.25, 0.3) is 0 Å². The van der Waals surface area contributed by atoms with Crippen molar-refractivity contribution in [3.8, 4) is 0 Å². The first-order valence-corrected chi connectivity index (χ1v) is 5.47. The molecule has 1 aromatic heterocycles. The number of nitrogens with one attached hydrogen (secondary N) is 1. The van der Waals surface area contributed by atoms with Gasteiger partial charge in [0, 0.05) is 12.4 Å². The molecule has 0 fully saturated rings. The molecule has 0 aliphatic heterocycles. The molecule has 80 valence electrons. The van der Waals surface area contributed by atoms with Gasteiger partial charge >= 0.3 is 29.6 Å². The van der Waals surface area contributed by atoms with Crippen LogP contribution in [-0.4, -0.2) is 22.9 Å². The number of rotatable bonds is 1. The molecule has 7 heteroatoms. The van der Waals surface area contributed by atoms with Gasteiger partial charge in [0.1, 0.15) is 0 Å². The summed E-state index contributed by atoms with van der Waals surface area (Å²) < 4.78 is 30.1. The maximum Gasteiger partial charge on any atom is 1.00 e. The summed E-state index contributed by atoms with van der Waals surface area (Å²) in [6, 6.07) is 12.0. The Balaban J connectivity index is 0.000000283. The van der Waals surface area contributed by atoms with Gasteiger partial charge < -0.3 is 9.54 Å². The Hall–Kier alpha value is -0.660. The molecule has 0 amide bonds. The van der Waals surface area contributed by atoms with Crippen molar-refractivity contribution in [2.75, 3.05) is 0 Å². The quantitative estimate of drug-likeness (QED) is 0.467. The first-order chi connectivity index (χ1) is 7.11. The number of hydrogen-bond acceptors (Lipinski definition) is 4. The van der Waals surface area contributed by atoms with Crippen LogP contribution >= 0.6 is 0 Å². The molecule has 0 atom stereocenters. The number of benzene rings is 1. The number of nitrogens with zero attached hydrogens (tertiary/aromatic N) is 1. The molecule has 0 aliphatic carbocycles. The van der Waals surface area contributed by atoms with Crippen molar-refractivity contribution in [1.82, 2.24) is 9.97 Å². The van der Waals surface area contributed by atoms with Gasteiger partial charge in [0.15, 0.2) is 10.1 Å². The van der Waals surface area contributed by atoms with Gasteiger partial charge in [-0.05, 0) is 0 Å². The molecule has 1 N–H and O–H groups in total. The Kier molecular flexibility index (Phi) is 7.27. The first-order valence-electron chi connectivity index (χ1n) is 4.06. The minimum Gasteiger partial charge on any atom is -0.742 e. The van der Waals surface area contributed by atoms with Gasteiger partial charge in [-0.25, -0.2) is 13.4 Å². The summed E-state index contributed by atoms with van der Waals surface area (Å²) in [6.07, 6.45) is 2.47. The average molecular weight is 248 g/mol. The van der Waals surface area contributed by atoms with Crippen LogP contribution in [0.15, 0.2) is 53.9 Å². The van der Waals surface area contributed by atoms with Crippen molar-refractivity contribution < 1.29 is 42.5 Å². The molecular weight excluding hydrogens is 239 g/mol. The van der Waals surface area contributed by atoms with Crippen molar-refractivity contribution in [2.45, 2.75) is 5.16 Å². The molecule has 0 saturated carbocycles.